The zero-order valence-electron chi connectivity index (χ0n) is 9.60. The number of hydrogen-bond donors (Lipinski definition) is 3. The maximum Gasteiger partial charge on any atom is 0.303 e. The second-order valence-electron chi connectivity index (χ2n) is 4.23. The van der Waals surface area contributed by atoms with Gasteiger partial charge in [-0.2, -0.15) is 0 Å². The van der Waals surface area contributed by atoms with Crippen LogP contribution in [-0.2, 0) is 4.79 Å². The Kier molecular flexibility index (Phi) is 2.99. The molecule has 0 fully saturated rings. The van der Waals surface area contributed by atoms with Gasteiger partial charge in [0.1, 0.15) is 0 Å². The minimum Gasteiger partial charge on any atom is -0.481 e. The Morgan fingerprint density at radius 1 is 1.59 bits per heavy atom. The van der Waals surface area contributed by atoms with E-state index in [2.05, 4.69) is 9.97 Å². The Morgan fingerprint density at radius 3 is 3.06 bits per heavy atom. The first-order valence-corrected chi connectivity index (χ1v) is 5.53. The van der Waals surface area contributed by atoms with Crippen molar-refractivity contribution in [2.45, 2.75) is 25.7 Å². The number of H-pyrrole nitrogens is 1. The summed E-state index contributed by atoms with van der Waals surface area (Å²) in [6.07, 6.45) is 0.814. The summed E-state index contributed by atoms with van der Waals surface area (Å²) in [5.41, 5.74) is 8.39. The summed E-state index contributed by atoms with van der Waals surface area (Å²) in [6.45, 7) is 2.02. The van der Waals surface area contributed by atoms with Gasteiger partial charge in [0.25, 0.3) is 0 Å². The van der Waals surface area contributed by atoms with E-state index < -0.39 is 5.97 Å². The molecule has 2 aromatic rings. The number of nitrogen functional groups attached to an aromatic ring is 1. The number of hydrogen-bond acceptors (Lipinski definition) is 3. The average molecular weight is 233 g/mol. The molecule has 2 rings (SSSR count). The van der Waals surface area contributed by atoms with Crippen LogP contribution in [0.15, 0.2) is 18.2 Å². The van der Waals surface area contributed by atoms with Crippen molar-refractivity contribution in [2.24, 2.45) is 0 Å². The molecule has 1 aromatic carbocycles. The van der Waals surface area contributed by atoms with Gasteiger partial charge in [-0.15, -0.1) is 0 Å². The lowest BCUT2D eigenvalue weighted by atomic mass is 9.96. The number of carboxylic acid groups (broad SMARTS) is 1. The van der Waals surface area contributed by atoms with Crippen molar-refractivity contribution in [1.29, 1.82) is 0 Å². The van der Waals surface area contributed by atoms with Gasteiger partial charge in [0.05, 0.1) is 11.0 Å². The molecule has 5 nitrogen and oxygen atoms in total. The van der Waals surface area contributed by atoms with Gasteiger partial charge in [0.2, 0.25) is 0 Å². The standard InChI is InChI=1S/C12H15N3O2/c1-7(2-5-11(16)17)8-3-4-9-10(6-8)15-12(13)14-9/h3-4,6-7H,2,5H2,1H3,(H,16,17)(H3,13,14,15). The molecule has 1 unspecified atom stereocenters. The third kappa shape index (κ3) is 2.55. The van der Waals surface area contributed by atoms with Gasteiger partial charge in [-0.05, 0) is 30.0 Å². The molecule has 0 spiro atoms. The number of nitrogens with zero attached hydrogens (tertiary/aromatic N) is 1. The number of carboxylic acids is 1. The van der Waals surface area contributed by atoms with Crippen LogP contribution in [0.4, 0.5) is 5.95 Å². The Hall–Kier alpha value is -2.04. The molecular formula is C12H15N3O2. The quantitative estimate of drug-likeness (QED) is 0.754. The predicted molar refractivity (Wildman–Crippen MR) is 65.8 cm³/mol. The Labute approximate surface area is 98.7 Å². The highest BCUT2D eigenvalue weighted by atomic mass is 16.4. The van der Waals surface area contributed by atoms with E-state index in [9.17, 15) is 4.79 Å². The molecule has 5 heteroatoms. The van der Waals surface area contributed by atoms with Crippen molar-refractivity contribution in [1.82, 2.24) is 9.97 Å². The number of aliphatic carboxylic acids is 1. The number of benzene rings is 1. The van der Waals surface area contributed by atoms with Crippen LogP contribution >= 0.6 is 0 Å². The zero-order valence-corrected chi connectivity index (χ0v) is 9.60. The van der Waals surface area contributed by atoms with Gasteiger partial charge in [-0.3, -0.25) is 4.79 Å². The topological polar surface area (TPSA) is 92.0 Å². The minimum absolute atomic E-state index is 0.185. The molecule has 1 heterocycles. The third-order valence-electron chi connectivity index (χ3n) is 2.88. The summed E-state index contributed by atoms with van der Waals surface area (Å²) in [6, 6.07) is 5.84. The first-order chi connectivity index (χ1) is 8.06. The molecule has 0 saturated carbocycles. The number of carbonyl (C=O) groups is 1. The van der Waals surface area contributed by atoms with Gasteiger partial charge >= 0.3 is 5.97 Å². The van der Waals surface area contributed by atoms with Crippen molar-refractivity contribution in [3.63, 3.8) is 0 Å². The Bertz CT molecular complexity index is 548. The maximum absolute atomic E-state index is 10.5. The predicted octanol–water partition coefficient (Wildman–Crippen LogP) is 2.11. The van der Waals surface area contributed by atoms with Gasteiger partial charge in [-0.25, -0.2) is 4.98 Å². The summed E-state index contributed by atoms with van der Waals surface area (Å²) in [5, 5.41) is 8.65. The summed E-state index contributed by atoms with van der Waals surface area (Å²) in [4.78, 5) is 17.6. The number of imidazole rings is 1. The van der Waals surface area contributed by atoms with Crippen molar-refractivity contribution >= 4 is 23.0 Å². The largest absolute Gasteiger partial charge is 0.481 e. The van der Waals surface area contributed by atoms with Gasteiger partial charge in [0, 0.05) is 6.42 Å². The summed E-state index contributed by atoms with van der Waals surface area (Å²) in [5.74, 6) is -0.154. The van der Waals surface area contributed by atoms with Gasteiger partial charge in [0.15, 0.2) is 5.95 Å². The fraction of sp³-hybridized carbons (Fsp3) is 0.333. The molecule has 0 bridgehead atoms. The Morgan fingerprint density at radius 2 is 2.35 bits per heavy atom. The molecule has 0 aliphatic carbocycles. The smallest absolute Gasteiger partial charge is 0.303 e. The molecule has 0 amide bonds. The Balaban J connectivity index is 2.20. The summed E-state index contributed by atoms with van der Waals surface area (Å²) in [7, 11) is 0. The van der Waals surface area contributed by atoms with Crippen LogP contribution in [0.1, 0.15) is 31.2 Å². The van der Waals surface area contributed by atoms with Crippen LogP contribution in [0, 0.1) is 0 Å². The van der Waals surface area contributed by atoms with Crippen molar-refractivity contribution in [2.75, 3.05) is 5.73 Å². The number of aromatic amines is 1. The molecule has 90 valence electrons. The SMILES string of the molecule is CC(CCC(=O)O)c1ccc2nc(N)[nH]c2c1. The van der Waals surface area contributed by atoms with E-state index in [1.165, 1.54) is 0 Å². The second-order valence-corrected chi connectivity index (χ2v) is 4.23. The van der Waals surface area contributed by atoms with Gasteiger partial charge in [-0.1, -0.05) is 13.0 Å². The molecule has 1 atom stereocenters. The molecule has 0 aliphatic heterocycles. The van der Waals surface area contributed by atoms with E-state index in [0.29, 0.717) is 12.4 Å². The lowest BCUT2D eigenvalue weighted by Gasteiger charge is -2.09. The fourth-order valence-electron chi connectivity index (χ4n) is 1.86. The number of nitrogens with two attached hydrogens (primary N) is 1. The van der Waals surface area contributed by atoms with Crippen LogP contribution < -0.4 is 5.73 Å². The van der Waals surface area contributed by atoms with Crippen molar-refractivity contribution in [3.05, 3.63) is 23.8 Å². The van der Waals surface area contributed by atoms with E-state index in [1.54, 1.807) is 0 Å². The van der Waals surface area contributed by atoms with Crippen LogP contribution in [0.5, 0.6) is 0 Å². The van der Waals surface area contributed by atoms with E-state index in [1.807, 2.05) is 25.1 Å². The number of anilines is 1. The van der Waals surface area contributed by atoms with Crippen LogP contribution in [-0.4, -0.2) is 21.0 Å². The van der Waals surface area contributed by atoms with E-state index >= 15 is 0 Å². The molecule has 1 aromatic heterocycles. The van der Waals surface area contributed by atoms with Crippen LogP contribution in [0.25, 0.3) is 11.0 Å². The highest BCUT2D eigenvalue weighted by Gasteiger charge is 2.09. The van der Waals surface area contributed by atoms with Crippen LogP contribution in [0.2, 0.25) is 0 Å². The molecule has 0 saturated heterocycles. The molecular weight excluding hydrogens is 218 g/mol. The first kappa shape index (κ1) is 11.4. The normalized spacial score (nSPS) is 12.8. The summed E-state index contributed by atoms with van der Waals surface area (Å²) >= 11 is 0. The van der Waals surface area contributed by atoms with E-state index in [0.717, 1.165) is 16.6 Å². The molecule has 0 aliphatic rings. The molecule has 17 heavy (non-hydrogen) atoms. The van der Waals surface area contributed by atoms with Crippen molar-refractivity contribution < 1.29 is 9.90 Å². The zero-order chi connectivity index (χ0) is 12.4. The number of nitrogens with one attached hydrogen (secondary N) is 1. The minimum atomic E-state index is -0.760. The number of aromatic nitrogens is 2. The average Bonchev–Trinajstić information content (AvgIpc) is 2.64. The summed E-state index contributed by atoms with van der Waals surface area (Å²) < 4.78 is 0. The molecule has 0 radical (unpaired) electrons. The maximum atomic E-state index is 10.5. The van der Waals surface area contributed by atoms with E-state index in [4.69, 9.17) is 10.8 Å². The monoisotopic (exact) mass is 233 g/mol. The second kappa shape index (κ2) is 4.45. The molecule has 4 N–H and O–H groups in total. The fourth-order valence-corrected chi connectivity index (χ4v) is 1.86. The first-order valence-electron chi connectivity index (χ1n) is 5.53. The third-order valence-corrected chi connectivity index (χ3v) is 2.88. The number of rotatable bonds is 4. The lowest BCUT2D eigenvalue weighted by molar-refractivity contribution is -0.137. The highest BCUT2D eigenvalue weighted by Crippen LogP contribution is 2.24. The van der Waals surface area contributed by atoms with Crippen LogP contribution in [0.3, 0.4) is 0 Å². The van der Waals surface area contributed by atoms with E-state index in [-0.39, 0.29) is 12.3 Å². The van der Waals surface area contributed by atoms with Gasteiger partial charge < -0.3 is 15.8 Å². The van der Waals surface area contributed by atoms with Crippen molar-refractivity contribution in [3.8, 4) is 0 Å². The lowest BCUT2D eigenvalue weighted by Crippen LogP contribution is -2.00. The highest BCUT2D eigenvalue weighted by molar-refractivity contribution is 5.78. The number of fused-ring (bicyclic) bond motifs is 1.